The summed E-state index contributed by atoms with van der Waals surface area (Å²) in [6, 6.07) is 0. The average molecular weight is 300 g/mol. The van der Waals surface area contributed by atoms with Crippen molar-refractivity contribution in [3.8, 4) is 0 Å². The second-order valence-electron chi connectivity index (χ2n) is 3.64. The van der Waals surface area contributed by atoms with Crippen molar-refractivity contribution in [1.29, 1.82) is 0 Å². The van der Waals surface area contributed by atoms with Crippen LogP contribution in [0.3, 0.4) is 0 Å². The van der Waals surface area contributed by atoms with Gasteiger partial charge in [0.1, 0.15) is 5.78 Å². The predicted molar refractivity (Wildman–Crippen MR) is 68.2 cm³/mol. The van der Waals surface area contributed by atoms with Crippen molar-refractivity contribution in [1.82, 2.24) is 0 Å². The number of carbonyl (C=O) groups is 2. The van der Waals surface area contributed by atoms with Gasteiger partial charge in [0.05, 0.1) is 13.5 Å². The maximum Gasteiger partial charge on any atom is 2.00 e. The number of ether oxygens (including phenoxy) is 1. The van der Waals surface area contributed by atoms with Crippen molar-refractivity contribution in [2.24, 2.45) is 0 Å². The number of hydrogen-bond acceptors (Lipinski definition) is 3. The minimum Gasteiger partial charge on any atom is -0.469 e. The molecule has 3 nitrogen and oxygen atoms in total. The Morgan fingerprint density at radius 2 is 1.37 bits per heavy atom. The van der Waals surface area contributed by atoms with Crippen molar-refractivity contribution < 1.29 is 31.4 Å². The zero-order valence-corrected chi connectivity index (χ0v) is 11.8. The van der Waals surface area contributed by atoms with Crippen molar-refractivity contribution >= 4 is 11.8 Å². The average Bonchev–Trinajstić information content (AvgIpc) is 3.08. The van der Waals surface area contributed by atoms with Crippen LogP contribution in [-0.2, 0) is 31.4 Å². The molecule has 2 saturated carbocycles. The van der Waals surface area contributed by atoms with Crippen LogP contribution in [0.4, 0.5) is 0 Å². The maximum absolute atomic E-state index is 11.3. The molecule has 0 atom stereocenters. The molecule has 0 aliphatic heterocycles. The van der Waals surface area contributed by atoms with Gasteiger partial charge in [0.25, 0.3) is 0 Å². The minimum absolute atomic E-state index is 0. The topological polar surface area (TPSA) is 43.4 Å². The van der Waals surface area contributed by atoms with Gasteiger partial charge in [0.2, 0.25) is 0 Å². The Morgan fingerprint density at radius 3 is 1.79 bits per heavy atom. The summed E-state index contributed by atoms with van der Waals surface area (Å²) in [5, 5.41) is 0. The van der Waals surface area contributed by atoms with Gasteiger partial charge in [-0.25, -0.2) is 0 Å². The van der Waals surface area contributed by atoms with E-state index < -0.39 is 0 Å². The number of methoxy groups -OCH3 is 1. The first-order chi connectivity index (χ1) is 8.74. The molecule has 0 unspecified atom stereocenters. The van der Waals surface area contributed by atoms with Crippen molar-refractivity contribution in [3.05, 3.63) is 63.7 Å². The SMILES string of the molecule is COC(=O)CCC(=O)[C]1[CH][CH][CH][CH]1.[CH]1[CH][CH][CH][CH]1.[Fe+2]. The van der Waals surface area contributed by atoms with E-state index in [0.29, 0.717) is 5.92 Å². The number of rotatable bonds is 4. The Balaban J connectivity index is 0.000000454. The van der Waals surface area contributed by atoms with Crippen LogP contribution in [0, 0.1) is 63.7 Å². The van der Waals surface area contributed by atoms with Crippen LogP contribution in [0.25, 0.3) is 0 Å². The molecule has 0 bridgehead atoms. The number of Topliss-reactive ketones (excluding diaryl/α,β-unsaturated/α-hetero) is 1. The molecule has 10 radical (unpaired) electrons. The van der Waals surface area contributed by atoms with E-state index in [1.807, 2.05) is 32.1 Å². The normalized spacial score (nSPS) is 18.2. The minimum atomic E-state index is -0.347. The summed E-state index contributed by atoms with van der Waals surface area (Å²) >= 11 is 0. The molecule has 100 valence electrons. The van der Waals surface area contributed by atoms with Crippen molar-refractivity contribution in [2.75, 3.05) is 7.11 Å². The molecule has 0 aromatic heterocycles. The van der Waals surface area contributed by atoms with Crippen molar-refractivity contribution in [2.45, 2.75) is 12.8 Å². The molecule has 4 heteroatoms. The molecule has 2 aliphatic rings. The van der Waals surface area contributed by atoms with Gasteiger partial charge in [-0.1, -0.05) is 0 Å². The molecule has 2 rings (SSSR count). The second kappa shape index (κ2) is 11.5. The first-order valence-corrected chi connectivity index (χ1v) is 5.72. The summed E-state index contributed by atoms with van der Waals surface area (Å²) in [7, 11) is 1.31. The van der Waals surface area contributed by atoms with Gasteiger partial charge in [0, 0.05) is 12.3 Å². The summed E-state index contributed by atoms with van der Waals surface area (Å²) in [4.78, 5) is 22.0. The molecule has 0 aromatic carbocycles. The van der Waals surface area contributed by atoms with E-state index >= 15 is 0 Å². The van der Waals surface area contributed by atoms with Gasteiger partial charge in [-0.15, -0.1) is 0 Å². The standard InChI is InChI=1S/C10H11O3.C5H5.Fe/c1-13-10(12)7-6-9(11)8-4-2-3-5-8;1-2-4-5-3-1;/h2-5H,6-7H2,1H3;1-5H;/q;;+2. The van der Waals surface area contributed by atoms with E-state index in [0.717, 1.165) is 0 Å². The van der Waals surface area contributed by atoms with Crippen molar-refractivity contribution in [3.63, 3.8) is 0 Å². The molecule has 2 fully saturated rings. The van der Waals surface area contributed by atoms with E-state index in [4.69, 9.17) is 0 Å². The van der Waals surface area contributed by atoms with Crippen LogP contribution in [-0.4, -0.2) is 18.9 Å². The van der Waals surface area contributed by atoms with Gasteiger partial charge in [0.15, 0.2) is 0 Å². The Bertz CT molecular complexity index is 249. The van der Waals surface area contributed by atoms with Gasteiger partial charge in [-0.05, 0) is 57.8 Å². The molecule has 19 heavy (non-hydrogen) atoms. The monoisotopic (exact) mass is 300 g/mol. The Labute approximate surface area is 127 Å². The molecular formula is C15H16FeO3+2. The molecule has 2 aliphatic carbocycles. The van der Waals surface area contributed by atoms with E-state index in [2.05, 4.69) is 4.74 Å². The summed E-state index contributed by atoms with van der Waals surface area (Å²) in [5.41, 5.74) is 0. The van der Waals surface area contributed by atoms with Crippen LogP contribution in [0.1, 0.15) is 12.8 Å². The first-order valence-electron chi connectivity index (χ1n) is 5.72. The summed E-state index contributed by atoms with van der Waals surface area (Å²) < 4.78 is 4.43. The van der Waals surface area contributed by atoms with E-state index in [1.54, 1.807) is 25.7 Å². The van der Waals surface area contributed by atoms with E-state index in [-0.39, 0.29) is 41.7 Å². The van der Waals surface area contributed by atoms with Crippen LogP contribution in [0.15, 0.2) is 0 Å². The zero-order chi connectivity index (χ0) is 13.2. The largest absolute Gasteiger partial charge is 2.00 e. The van der Waals surface area contributed by atoms with Gasteiger partial charge >= 0.3 is 23.0 Å². The first kappa shape index (κ1) is 18.7. The van der Waals surface area contributed by atoms with Gasteiger partial charge in [-0.3, -0.25) is 9.59 Å². The Kier molecular flexibility index (Phi) is 11.3. The zero-order valence-electron chi connectivity index (χ0n) is 10.7. The molecule has 0 aromatic rings. The summed E-state index contributed by atoms with van der Waals surface area (Å²) in [6.07, 6.45) is 17.4. The number of ketones is 1. The third kappa shape index (κ3) is 8.43. The van der Waals surface area contributed by atoms with Crippen LogP contribution in [0.5, 0.6) is 0 Å². The molecular weight excluding hydrogens is 284 g/mol. The fourth-order valence-corrected chi connectivity index (χ4v) is 1.34. The predicted octanol–water partition coefficient (Wildman–Crippen LogP) is 1.93. The third-order valence-electron chi connectivity index (χ3n) is 2.32. The van der Waals surface area contributed by atoms with E-state index in [9.17, 15) is 9.59 Å². The number of hydrogen-bond donors (Lipinski definition) is 0. The van der Waals surface area contributed by atoms with Gasteiger partial charge < -0.3 is 4.74 Å². The molecule has 0 spiro atoms. The molecule has 0 amide bonds. The van der Waals surface area contributed by atoms with Crippen LogP contribution < -0.4 is 0 Å². The Morgan fingerprint density at radius 1 is 0.895 bits per heavy atom. The molecule has 0 saturated heterocycles. The smallest absolute Gasteiger partial charge is 0.469 e. The van der Waals surface area contributed by atoms with Crippen LogP contribution >= 0.6 is 0 Å². The number of carbonyl (C=O) groups excluding carboxylic acids is 2. The molecule has 0 heterocycles. The maximum atomic E-state index is 11.3. The fraction of sp³-hybridized carbons (Fsp3) is 0.200. The molecule has 0 N–H and O–H groups in total. The summed E-state index contributed by atoms with van der Waals surface area (Å²) in [5.74, 6) is 0.291. The third-order valence-corrected chi connectivity index (χ3v) is 2.32. The fourth-order valence-electron chi connectivity index (χ4n) is 1.34. The van der Waals surface area contributed by atoms with E-state index in [1.165, 1.54) is 7.11 Å². The number of esters is 1. The van der Waals surface area contributed by atoms with Crippen LogP contribution in [0.2, 0.25) is 0 Å². The quantitative estimate of drug-likeness (QED) is 0.588. The summed E-state index contributed by atoms with van der Waals surface area (Å²) in [6.45, 7) is 0. The Hall–Kier alpha value is -0.341. The second-order valence-corrected chi connectivity index (χ2v) is 3.64. The van der Waals surface area contributed by atoms with Gasteiger partial charge in [-0.2, -0.15) is 0 Å².